The Morgan fingerprint density at radius 3 is 0.870 bits per heavy atom. The van der Waals surface area contributed by atoms with Crippen molar-refractivity contribution in [3.05, 3.63) is 109 Å². The van der Waals surface area contributed by atoms with Crippen LogP contribution in [0.3, 0.4) is 0 Å². The summed E-state index contributed by atoms with van der Waals surface area (Å²) in [7, 11) is 0. The predicted octanol–water partition coefficient (Wildman–Crippen LogP) is 2.80. The summed E-state index contributed by atoms with van der Waals surface area (Å²) in [5.74, 6) is 0. The Morgan fingerprint density at radius 1 is 0.522 bits per heavy atom. The largest absolute Gasteiger partial charge is 1.00 e. The van der Waals surface area contributed by atoms with Crippen molar-refractivity contribution in [2.75, 3.05) is 0 Å². The molecule has 0 aliphatic heterocycles. The zero-order valence-corrected chi connectivity index (χ0v) is 18.6. The molecule has 120 valence electrons. The fraction of sp³-hybridized carbons (Fsp3) is 0.143. The van der Waals surface area contributed by atoms with E-state index in [1.165, 1.54) is 16.7 Å². The van der Waals surface area contributed by atoms with Crippen molar-refractivity contribution >= 4 is 23.9 Å². The summed E-state index contributed by atoms with van der Waals surface area (Å²) in [5.41, 5.74) is 3.59. The van der Waals surface area contributed by atoms with E-state index in [1.54, 1.807) is 0 Å². The average molecular weight is 522 g/mol. The first-order chi connectivity index (χ1) is 10.2. The molecule has 0 saturated heterocycles. The third kappa shape index (κ3) is 14.5. The van der Waals surface area contributed by atoms with Gasteiger partial charge in [-0.2, -0.15) is 0 Å². The standard InChI is InChI=1S/3C7H8.HI.Sn/c3*1-7-5-3-2-4-6-7;;/h3*2-5H,1,6H2;1H;/p-1. The van der Waals surface area contributed by atoms with Crippen LogP contribution in [0.1, 0.15) is 19.3 Å². The second-order valence-corrected chi connectivity index (χ2v) is 4.95. The molecule has 0 spiro atoms. The van der Waals surface area contributed by atoms with Gasteiger partial charge in [-0.25, -0.2) is 0 Å². The smallest absolute Gasteiger partial charge is 0 e. The van der Waals surface area contributed by atoms with E-state index in [2.05, 4.69) is 38.0 Å². The molecular formula is C21H24ISn-. The van der Waals surface area contributed by atoms with Crippen LogP contribution in [0.15, 0.2) is 109 Å². The van der Waals surface area contributed by atoms with Crippen LogP contribution in [0.5, 0.6) is 0 Å². The quantitative estimate of drug-likeness (QED) is 0.340. The Hall–Kier alpha value is -0.811. The van der Waals surface area contributed by atoms with Crippen molar-refractivity contribution < 1.29 is 24.0 Å². The van der Waals surface area contributed by atoms with Crippen LogP contribution in [0.2, 0.25) is 0 Å². The second kappa shape index (κ2) is 16.1. The molecule has 0 bridgehead atoms. The molecule has 0 fully saturated rings. The van der Waals surface area contributed by atoms with E-state index < -0.39 is 0 Å². The van der Waals surface area contributed by atoms with Gasteiger partial charge in [-0.3, -0.25) is 0 Å². The van der Waals surface area contributed by atoms with E-state index in [9.17, 15) is 0 Å². The van der Waals surface area contributed by atoms with Crippen LogP contribution in [-0.2, 0) is 0 Å². The molecular weight excluding hydrogens is 498 g/mol. The predicted molar refractivity (Wildman–Crippen MR) is 102 cm³/mol. The molecule has 0 unspecified atom stereocenters. The van der Waals surface area contributed by atoms with Crippen molar-refractivity contribution in [2.24, 2.45) is 0 Å². The average Bonchev–Trinajstić information content (AvgIpc) is 2.51. The third-order valence-corrected chi connectivity index (χ3v) is 2.88. The van der Waals surface area contributed by atoms with Crippen molar-refractivity contribution in [1.82, 2.24) is 0 Å². The summed E-state index contributed by atoms with van der Waals surface area (Å²) in [4.78, 5) is 0. The van der Waals surface area contributed by atoms with Gasteiger partial charge in [-0.05, 0) is 19.3 Å². The summed E-state index contributed by atoms with van der Waals surface area (Å²) >= 11 is 0. The van der Waals surface area contributed by atoms with Gasteiger partial charge in [-0.1, -0.05) is 109 Å². The van der Waals surface area contributed by atoms with E-state index in [1.807, 2.05) is 54.7 Å². The maximum atomic E-state index is 3.78. The van der Waals surface area contributed by atoms with E-state index in [0.717, 1.165) is 19.3 Å². The minimum Gasteiger partial charge on any atom is -1.00 e. The zero-order chi connectivity index (χ0) is 15.3. The fourth-order valence-corrected chi connectivity index (χ4v) is 1.67. The zero-order valence-electron chi connectivity index (χ0n) is 13.5. The van der Waals surface area contributed by atoms with Gasteiger partial charge in [0.15, 0.2) is 0 Å². The van der Waals surface area contributed by atoms with Crippen LogP contribution < -0.4 is 24.0 Å². The molecule has 0 saturated carbocycles. The number of hydrogen-bond donors (Lipinski definition) is 0. The molecule has 3 aliphatic carbocycles. The first kappa shape index (κ1) is 24.4. The van der Waals surface area contributed by atoms with Gasteiger partial charge < -0.3 is 24.0 Å². The Bertz CT molecular complexity index is 474. The SMILES string of the molecule is C=C1C=CC=CC1.C=C1C=CC=CC1.C=C1C=CC=CC1.[I-].[Sn]. The molecule has 2 heteroatoms. The molecule has 0 amide bonds. The van der Waals surface area contributed by atoms with E-state index >= 15 is 0 Å². The van der Waals surface area contributed by atoms with Gasteiger partial charge in [0.1, 0.15) is 0 Å². The topological polar surface area (TPSA) is 0 Å². The van der Waals surface area contributed by atoms with E-state index in [-0.39, 0.29) is 47.9 Å². The molecule has 0 atom stereocenters. The van der Waals surface area contributed by atoms with Gasteiger partial charge >= 0.3 is 0 Å². The second-order valence-electron chi connectivity index (χ2n) is 4.95. The molecule has 4 radical (unpaired) electrons. The number of rotatable bonds is 0. The molecule has 0 aromatic carbocycles. The van der Waals surface area contributed by atoms with Gasteiger partial charge in [0, 0.05) is 23.9 Å². The summed E-state index contributed by atoms with van der Waals surface area (Å²) < 4.78 is 0. The molecule has 0 N–H and O–H groups in total. The van der Waals surface area contributed by atoms with Crippen LogP contribution in [-0.4, -0.2) is 23.9 Å². The summed E-state index contributed by atoms with van der Waals surface area (Å²) in [6, 6.07) is 0. The molecule has 23 heavy (non-hydrogen) atoms. The summed E-state index contributed by atoms with van der Waals surface area (Å²) in [5, 5.41) is 0. The summed E-state index contributed by atoms with van der Waals surface area (Å²) in [6.07, 6.45) is 27.6. The van der Waals surface area contributed by atoms with Crippen LogP contribution in [0, 0.1) is 0 Å². The molecule has 0 aromatic rings. The normalized spacial score (nSPS) is 16.4. The Balaban J connectivity index is 0. The van der Waals surface area contributed by atoms with Crippen LogP contribution in [0.25, 0.3) is 0 Å². The molecule has 0 nitrogen and oxygen atoms in total. The Labute approximate surface area is 175 Å². The van der Waals surface area contributed by atoms with Crippen molar-refractivity contribution in [3.63, 3.8) is 0 Å². The monoisotopic (exact) mass is 523 g/mol. The van der Waals surface area contributed by atoms with Gasteiger partial charge in [0.05, 0.1) is 0 Å². The minimum absolute atomic E-state index is 0. The van der Waals surface area contributed by atoms with E-state index in [4.69, 9.17) is 0 Å². The molecule has 3 rings (SSSR count). The van der Waals surface area contributed by atoms with Crippen LogP contribution >= 0.6 is 0 Å². The van der Waals surface area contributed by atoms with Crippen LogP contribution in [0.4, 0.5) is 0 Å². The first-order valence-electron chi connectivity index (χ1n) is 7.21. The number of halogens is 1. The molecule has 0 heterocycles. The molecule has 0 aromatic heterocycles. The third-order valence-electron chi connectivity index (χ3n) is 2.88. The first-order valence-corrected chi connectivity index (χ1v) is 7.21. The Morgan fingerprint density at radius 2 is 0.783 bits per heavy atom. The van der Waals surface area contributed by atoms with Gasteiger partial charge in [-0.15, -0.1) is 0 Å². The fourth-order valence-electron chi connectivity index (χ4n) is 1.67. The van der Waals surface area contributed by atoms with Crippen molar-refractivity contribution in [2.45, 2.75) is 19.3 Å². The summed E-state index contributed by atoms with van der Waals surface area (Å²) in [6.45, 7) is 11.3. The number of allylic oxidation sites excluding steroid dienone is 15. The number of hydrogen-bond acceptors (Lipinski definition) is 0. The Kier molecular flexibility index (Phi) is 17.1. The minimum atomic E-state index is 0. The molecule has 3 aliphatic rings. The maximum absolute atomic E-state index is 3.78. The van der Waals surface area contributed by atoms with Gasteiger partial charge in [0.2, 0.25) is 0 Å². The van der Waals surface area contributed by atoms with E-state index in [0.29, 0.717) is 0 Å². The van der Waals surface area contributed by atoms with Gasteiger partial charge in [0.25, 0.3) is 0 Å². The maximum Gasteiger partial charge on any atom is 0 e. The van der Waals surface area contributed by atoms with Crippen molar-refractivity contribution in [1.29, 1.82) is 0 Å². The van der Waals surface area contributed by atoms with Crippen molar-refractivity contribution in [3.8, 4) is 0 Å².